The molecule has 1 unspecified atom stereocenters. The maximum Gasteiger partial charge on any atom is 0.130 e. The number of benzene rings is 1. The van der Waals surface area contributed by atoms with Gasteiger partial charge in [0, 0.05) is 30.9 Å². The minimum Gasteiger partial charge on any atom is -0.374 e. The predicted molar refractivity (Wildman–Crippen MR) is 78.8 cm³/mol. The van der Waals surface area contributed by atoms with Crippen molar-refractivity contribution < 1.29 is 4.39 Å². The maximum absolute atomic E-state index is 13.9. The largest absolute Gasteiger partial charge is 0.374 e. The smallest absolute Gasteiger partial charge is 0.130 e. The van der Waals surface area contributed by atoms with Gasteiger partial charge in [-0.05, 0) is 37.8 Å². The highest BCUT2D eigenvalue weighted by atomic mass is 19.1. The molecular weight excluding hydrogens is 239 g/mol. The summed E-state index contributed by atoms with van der Waals surface area (Å²) in [5, 5.41) is 0. The highest BCUT2D eigenvalue weighted by Crippen LogP contribution is 2.30. The van der Waals surface area contributed by atoms with E-state index in [0.29, 0.717) is 5.56 Å². The molecule has 0 heterocycles. The van der Waals surface area contributed by atoms with Crippen LogP contribution in [0, 0.1) is 11.7 Å². The Kier molecular flexibility index (Phi) is 4.81. The Balaban J connectivity index is 2.13. The molecule has 3 heteroatoms. The van der Waals surface area contributed by atoms with E-state index in [-0.39, 0.29) is 11.9 Å². The van der Waals surface area contributed by atoms with Gasteiger partial charge in [-0.15, -0.1) is 0 Å². The topological polar surface area (TPSA) is 29.3 Å². The molecule has 0 amide bonds. The third-order valence-corrected chi connectivity index (χ3v) is 4.15. The second kappa shape index (κ2) is 6.38. The first-order chi connectivity index (χ1) is 9.09. The Morgan fingerprint density at radius 1 is 1.32 bits per heavy atom. The number of halogens is 1. The molecule has 2 nitrogen and oxygen atoms in total. The molecule has 1 fully saturated rings. The normalized spacial score (nSPS) is 18.3. The lowest BCUT2D eigenvalue weighted by Crippen LogP contribution is -2.28. The minimum absolute atomic E-state index is 0.192. The molecule has 0 saturated heterocycles. The fourth-order valence-electron chi connectivity index (χ4n) is 3.16. The van der Waals surface area contributed by atoms with E-state index in [1.807, 2.05) is 13.0 Å². The molecule has 1 aromatic rings. The molecule has 0 spiro atoms. The van der Waals surface area contributed by atoms with Crippen LogP contribution in [0.2, 0.25) is 0 Å². The van der Waals surface area contributed by atoms with E-state index in [9.17, 15) is 4.39 Å². The summed E-state index contributed by atoms with van der Waals surface area (Å²) in [5.41, 5.74) is 7.50. The van der Waals surface area contributed by atoms with E-state index >= 15 is 0 Å². The quantitative estimate of drug-likeness (QED) is 0.894. The van der Waals surface area contributed by atoms with Crippen molar-refractivity contribution in [3.05, 3.63) is 29.6 Å². The first-order valence-electron chi connectivity index (χ1n) is 7.34. The minimum atomic E-state index is -0.273. The molecule has 1 aliphatic rings. The van der Waals surface area contributed by atoms with Crippen molar-refractivity contribution in [2.24, 2.45) is 11.7 Å². The molecule has 0 radical (unpaired) electrons. The molecule has 0 aromatic heterocycles. The van der Waals surface area contributed by atoms with Gasteiger partial charge >= 0.3 is 0 Å². The molecule has 106 valence electrons. The summed E-state index contributed by atoms with van der Waals surface area (Å²) in [4.78, 5) is 2.18. The first-order valence-corrected chi connectivity index (χ1v) is 7.34. The molecule has 2 N–H and O–H groups in total. The van der Waals surface area contributed by atoms with Crippen molar-refractivity contribution >= 4 is 5.69 Å². The average Bonchev–Trinajstić information content (AvgIpc) is 2.39. The molecular formula is C16H25FN2. The van der Waals surface area contributed by atoms with Gasteiger partial charge < -0.3 is 10.6 Å². The second-order valence-corrected chi connectivity index (χ2v) is 5.85. The molecule has 1 aromatic carbocycles. The fraction of sp³-hybridized carbons (Fsp3) is 0.625. The summed E-state index contributed by atoms with van der Waals surface area (Å²) in [5.74, 6) is 0.547. The van der Waals surface area contributed by atoms with Crippen LogP contribution in [0.15, 0.2) is 18.2 Å². The lowest BCUT2D eigenvalue weighted by Gasteiger charge is -2.30. The number of rotatable bonds is 4. The summed E-state index contributed by atoms with van der Waals surface area (Å²) in [6.07, 6.45) is 6.63. The highest BCUT2D eigenvalue weighted by Gasteiger charge is 2.19. The molecule has 1 atom stereocenters. The van der Waals surface area contributed by atoms with Crippen LogP contribution >= 0.6 is 0 Å². The Labute approximate surface area is 115 Å². The van der Waals surface area contributed by atoms with Gasteiger partial charge in [-0.1, -0.05) is 25.3 Å². The summed E-state index contributed by atoms with van der Waals surface area (Å²) >= 11 is 0. The monoisotopic (exact) mass is 264 g/mol. The first kappa shape index (κ1) is 14.3. The lowest BCUT2D eigenvalue weighted by atomic mass is 9.89. The fourth-order valence-corrected chi connectivity index (χ4v) is 3.16. The van der Waals surface area contributed by atoms with Crippen molar-refractivity contribution in [1.29, 1.82) is 0 Å². The zero-order chi connectivity index (χ0) is 13.8. The molecule has 0 bridgehead atoms. The van der Waals surface area contributed by atoms with Crippen LogP contribution in [0.5, 0.6) is 0 Å². The van der Waals surface area contributed by atoms with Crippen LogP contribution in [-0.4, -0.2) is 13.6 Å². The number of hydrogen-bond donors (Lipinski definition) is 1. The van der Waals surface area contributed by atoms with E-state index < -0.39 is 0 Å². The van der Waals surface area contributed by atoms with Crippen LogP contribution in [-0.2, 0) is 0 Å². The number of anilines is 1. The Bertz CT molecular complexity index is 411. The molecule has 2 rings (SSSR count). The Morgan fingerprint density at radius 2 is 2.00 bits per heavy atom. The average molecular weight is 264 g/mol. The van der Waals surface area contributed by atoms with Crippen LogP contribution in [0.1, 0.15) is 50.6 Å². The third-order valence-electron chi connectivity index (χ3n) is 4.15. The van der Waals surface area contributed by atoms with Gasteiger partial charge in [-0.2, -0.15) is 0 Å². The van der Waals surface area contributed by atoms with Crippen LogP contribution in [0.3, 0.4) is 0 Å². The van der Waals surface area contributed by atoms with Crippen molar-refractivity contribution in [3.8, 4) is 0 Å². The van der Waals surface area contributed by atoms with Crippen molar-refractivity contribution in [2.75, 3.05) is 18.5 Å². The molecule has 0 aliphatic heterocycles. The van der Waals surface area contributed by atoms with E-state index in [2.05, 4.69) is 11.9 Å². The van der Waals surface area contributed by atoms with E-state index in [1.54, 1.807) is 6.07 Å². The van der Waals surface area contributed by atoms with Gasteiger partial charge in [-0.3, -0.25) is 0 Å². The predicted octanol–water partition coefficient (Wildman–Crippen LogP) is 3.86. The molecule has 19 heavy (non-hydrogen) atoms. The van der Waals surface area contributed by atoms with Crippen molar-refractivity contribution in [2.45, 2.75) is 45.1 Å². The second-order valence-electron chi connectivity index (χ2n) is 5.85. The standard InChI is InChI=1S/C16H25FN2/c1-12(18)16-14(17)9-6-10-15(16)19(2)11-13-7-4-3-5-8-13/h6,9-10,12-13H,3-5,7-8,11,18H2,1-2H3. The van der Waals surface area contributed by atoms with Crippen molar-refractivity contribution in [3.63, 3.8) is 0 Å². The van der Waals surface area contributed by atoms with Gasteiger partial charge in [0.2, 0.25) is 0 Å². The van der Waals surface area contributed by atoms with Gasteiger partial charge in [0.15, 0.2) is 0 Å². The summed E-state index contributed by atoms with van der Waals surface area (Å²) in [7, 11) is 2.05. The maximum atomic E-state index is 13.9. The Morgan fingerprint density at radius 3 is 2.63 bits per heavy atom. The zero-order valence-electron chi connectivity index (χ0n) is 12.0. The van der Waals surface area contributed by atoms with Gasteiger partial charge in [0.1, 0.15) is 5.82 Å². The van der Waals surface area contributed by atoms with Crippen LogP contribution in [0.25, 0.3) is 0 Å². The summed E-state index contributed by atoms with van der Waals surface area (Å²) in [6, 6.07) is 4.97. The molecule has 1 saturated carbocycles. The number of hydrogen-bond acceptors (Lipinski definition) is 2. The zero-order valence-corrected chi connectivity index (χ0v) is 12.0. The number of nitrogens with zero attached hydrogens (tertiary/aromatic N) is 1. The molecule has 1 aliphatic carbocycles. The summed E-state index contributed by atoms with van der Waals surface area (Å²) in [6.45, 7) is 2.85. The highest BCUT2D eigenvalue weighted by molar-refractivity contribution is 5.55. The van der Waals surface area contributed by atoms with Gasteiger partial charge in [-0.25, -0.2) is 4.39 Å². The van der Waals surface area contributed by atoms with E-state index in [0.717, 1.165) is 18.2 Å². The van der Waals surface area contributed by atoms with Crippen LogP contribution in [0.4, 0.5) is 10.1 Å². The van der Waals surface area contributed by atoms with Crippen molar-refractivity contribution in [1.82, 2.24) is 0 Å². The van der Waals surface area contributed by atoms with Gasteiger partial charge in [0.05, 0.1) is 0 Å². The van der Waals surface area contributed by atoms with Gasteiger partial charge in [0.25, 0.3) is 0 Å². The Hall–Kier alpha value is -1.09. The van der Waals surface area contributed by atoms with E-state index in [4.69, 9.17) is 5.73 Å². The third kappa shape index (κ3) is 3.47. The van der Waals surface area contributed by atoms with E-state index in [1.165, 1.54) is 38.2 Å². The van der Waals surface area contributed by atoms with Crippen LogP contribution < -0.4 is 10.6 Å². The summed E-state index contributed by atoms with van der Waals surface area (Å²) < 4.78 is 13.9. The number of nitrogens with two attached hydrogens (primary N) is 1. The lowest BCUT2D eigenvalue weighted by molar-refractivity contribution is 0.362. The SMILES string of the molecule is CC(N)c1c(F)cccc1N(C)CC1CCCCC1.